The quantitative estimate of drug-likeness (QED) is 0.673. The standard InChI is InChI=1S/C12H16N2O4S/c1-19(17,18)11-3-7(2-8(13)4-11)12(16)14-9-5-10(15)6-9/h2-4,9-10,15H,5-6,13H2,1H3,(H,14,16). The molecule has 0 aliphatic heterocycles. The molecule has 1 aromatic rings. The van der Waals surface area contributed by atoms with Crippen LogP contribution in [0.3, 0.4) is 0 Å². The van der Waals surface area contributed by atoms with Gasteiger partial charge in [0.05, 0.1) is 11.0 Å². The minimum atomic E-state index is -3.41. The van der Waals surface area contributed by atoms with E-state index in [9.17, 15) is 13.2 Å². The second-order valence-corrected chi connectivity index (χ2v) is 6.87. The number of carbonyl (C=O) groups excluding carboxylic acids is 1. The van der Waals surface area contributed by atoms with Crippen molar-refractivity contribution in [2.24, 2.45) is 0 Å². The van der Waals surface area contributed by atoms with Crippen LogP contribution in [-0.4, -0.2) is 37.8 Å². The van der Waals surface area contributed by atoms with E-state index in [1.54, 1.807) is 0 Å². The molecule has 1 amide bonds. The predicted molar refractivity (Wildman–Crippen MR) is 70.5 cm³/mol. The number of anilines is 1. The van der Waals surface area contributed by atoms with Gasteiger partial charge in [-0.05, 0) is 31.0 Å². The number of hydrogen-bond acceptors (Lipinski definition) is 5. The molecule has 19 heavy (non-hydrogen) atoms. The topological polar surface area (TPSA) is 109 Å². The van der Waals surface area contributed by atoms with Gasteiger partial charge in [-0.3, -0.25) is 4.79 Å². The molecule has 104 valence electrons. The van der Waals surface area contributed by atoms with Crippen molar-refractivity contribution >= 4 is 21.4 Å². The highest BCUT2D eigenvalue weighted by molar-refractivity contribution is 7.90. The van der Waals surface area contributed by atoms with Crippen LogP contribution in [0.4, 0.5) is 5.69 Å². The number of nitrogens with one attached hydrogen (secondary N) is 1. The van der Waals surface area contributed by atoms with Crippen molar-refractivity contribution in [3.63, 3.8) is 0 Å². The third-order valence-corrected chi connectivity index (χ3v) is 4.16. The monoisotopic (exact) mass is 284 g/mol. The van der Waals surface area contributed by atoms with Crippen molar-refractivity contribution in [3.05, 3.63) is 23.8 Å². The van der Waals surface area contributed by atoms with Gasteiger partial charge in [-0.15, -0.1) is 0 Å². The number of nitrogen functional groups attached to an aromatic ring is 1. The maximum atomic E-state index is 11.9. The fourth-order valence-corrected chi connectivity index (χ4v) is 2.63. The van der Waals surface area contributed by atoms with Gasteiger partial charge in [-0.25, -0.2) is 8.42 Å². The smallest absolute Gasteiger partial charge is 0.251 e. The molecule has 0 heterocycles. The highest BCUT2D eigenvalue weighted by Gasteiger charge is 2.28. The number of benzene rings is 1. The van der Waals surface area contributed by atoms with Crippen LogP contribution in [0, 0.1) is 0 Å². The molecule has 6 nitrogen and oxygen atoms in total. The summed E-state index contributed by atoms with van der Waals surface area (Å²) in [6.45, 7) is 0. The number of amides is 1. The zero-order valence-electron chi connectivity index (χ0n) is 10.5. The van der Waals surface area contributed by atoms with E-state index < -0.39 is 9.84 Å². The van der Waals surface area contributed by atoms with Crippen molar-refractivity contribution in [2.75, 3.05) is 12.0 Å². The first kappa shape index (κ1) is 13.8. The Morgan fingerprint density at radius 3 is 2.53 bits per heavy atom. The summed E-state index contributed by atoms with van der Waals surface area (Å²) in [6.07, 6.45) is 1.74. The van der Waals surface area contributed by atoms with Crippen LogP contribution in [0.25, 0.3) is 0 Å². The van der Waals surface area contributed by atoms with Gasteiger partial charge in [-0.1, -0.05) is 0 Å². The maximum absolute atomic E-state index is 11.9. The molecular formula is C12H16N2O4S. The molecule has 0 atom stereocenters. The van der Waals surface area contributed by atoms with Gasteiger partial charge in [0.25, 0.3) is 5.91 Å². The minimum Gasteiger partial charge on any atom is -0.399 e. The van der Waals surface area contributed by atoms with Crippen LogP contribution in [0.1, 0.15) is 23.2 Å². The summed E-state index contributed by atoms with van der Waals surface area (Å²) in [6, 6.07) is 3.99. The van der Waals surface area contributed by atoms with Crippen molar-refractivity contribution < 1.29 is 18.3 Å². The zero-order chi connectivity index (χ0) is 14.2. The van der Waals surface area contributed by atoms with Crippen LogP contribution in [-0.2, 0) is 9.84 Å². The van der Waals surface area contributed by atoms with E-state index in [0.29, 0.717) is 12.8 Å². The van der Waals surface area contributed by atoms with E-state index in [0.717, 1.165) is 6.26 Å². The number of nitrogens with two attached hydrogens (primary N) is 1. The molecule has 1 aliphatic carbocycles. The summed E-state index contributed by atoms with van der Waals surface area (Å²) >= 11 is 0. The number of rotatable bonds is 3. The van der Waals surface area contributed by atoms with E-state index in [1.165, 1.54) is 18.2 Å². The lowest BCUT2D eigenvalue weighted by Crippen LogP contribution is -2.46. The van der Waals surface area contributed by atoms with E-state index in [1.807, 2.05) is 0 Å². The molecule has 1 saturated carbocycles. The molecule has 0 saturated heterocycles. The second-order valence-electron chi connectivity index (χ2n) is 4.86. The van der Waals surface area contributed by atoms with Gasteiger partial charge in [0.2, 0.25) is 0 Å². The van der Waals surface area contributed by atoms with E-state index in [-0.39, 0.29) is 34.2 Å². The van der Waals surface area contributed by atoms with Crippen LogP contribution >= 0.6 is 0 Å². The first-order valence-electron chi connectivity index (χ1n) is 5.85. The van der Waals surface area contributed by atoms with Crippen molar-refractivity contribution in [2.45, 2.75) is 29.9 Å². The lowest BCUT2D eigenvalue weighted by atomic mass is 9.89. The van der Waals surface area contributed by atoms with Crippen molar-refractivity contribution in [1.29, 1.82) is 0 Å². The molecule has 1 fully saturated rings. The maximum Gasteiger partial charge on any atom is 0.251 e. The minimum absolute atomic E-state index is 0.0197. The fourth-order valence-electron chi connectivity index (χ4n) is 1.94. The molecular weight excluding hydrogens is 268 g/mol. The second kappa shape index (κ2) is 4.82. The third kappa shape index (κ3) is 3.24. The Hall–Kier alpha value is -1.60. The molecule has 7 heteroatoms. The SMILES string of the molecule is CS(=O)(=O)c1cc(N)cc(C(=O)NC2CC(O)C2)c1. The molecule has 1 aromatic carbocycles. The van der Waals surface area contributed by atoms with Crippen LogP contribution < -0.4 is 11.1 Å². The summed E-state index contributed by atoms with van der Waals surface area (Å²) in [5.41, 5.74) is 6.04. The predicted octanol–water partition coefficient (Wildman–Crippen LogP) is -0.0746. The number of aliphatic hydroxyl groups excluding tert-OH is 1. The summed E-state index contributed by atoms with van der Waals surface area (Å²) in [5.74, 6) is -0.380. The van der Waals surface area contributed by atoms with E-state index in [4.69, 9.17) is 10.8 Å². The Labute approximate surface area is 111 Å². The normalized spacial score (nSPS) is 22.6. The summed E-state index contributed by atoms with van der Waals surface area (Å²) in [7, 11) is -3.41. The third-order valence-electron chi connectivity index (χ3n) is 3.07. The molecule has 0 radical (unpaired) electrons. The summed E-state index contributed by atoms with van der Waals surface area (Å²) in [4.78, 5) is 12.0. The van der Waals surface area contributed by atoms with Crippen molar-refractivity contribution in [3.8, 4) is 0 Å². The first-order chi connectivity index (χ1) is 8.75. The lowest BCUT2D eigenvalue weighted by molar-refractivity contribution is 0.0562. The molecule has 0 spiro atoms. The molecule has 0 aromatic heterocycles. The van der Waals surface area contributed by atoms with Gasteiger partial charge in [-0.2, -0.15) is 0 Å². The Kier molecular flexibility index (Phi) is 3.51. The highest BCUT2D eigenvalue weighted by Crippen LogP contribution is 2.21. The largest absolute Gasteiger partial charge is 0.399 e. The zero-order valence-corrected chi connectivity index (χ0v) is 11.3. The number of carbonyl (C=O) groups is 1. The number of hydrogen-bond donors (Lipinski definition) is 3. The average Bonchev–Trinajstić information content (AvgIpc) is 2.24. The molecule has 1 aliphatic rings. The van der Waals surface area contributed by atoms with Crippen LogP contribution in [0.15, 0.2) is 23.1 Å². The van der Waals surface area contributed by atoms with Crippen molar-refractivity contribution in [1.82, 2.24) is 5.32 Å². The van der Waals surface area contributed by atoms with Gasteiger partial charge in [0.15, 0.2) is 9.84 Å². The number of sulfone groups is 1. The van der Waals surface area contributed by atoms with Gasteiger partial charge in [0.1, 0.15) is 0 Å². The number of aliphatic hydroxyl groups is 1. The Bertz CT molecular complexity index is 606. The highest BCUT2D eigenvalue weighted by atomic mass is 32.2. The summed E-state index contributed by atoms with van der Waals surface area (Å²) < 4.78 is 22.9. The van der Waals surface area contributed by atoms with Crippen LogP contribution in [0.2, 0.25) is 0 Å². The Morgan fingerprint density at radius 2 is 2.00 bits per heavy atom. The van der Waals surface area contributed by atoms with Gasteiger partial charge in [0, 0.05) is 23.5 Å². The Morgan fingerprint density at radius 1 is 1.37 bits per heavy atom. The lowest BCUT2D eigenvalue weighted by Gasteiger charge is -2.31. The molecule has 2 rings (SSSR count). The average molecular weight is 284 g/mol. The molecule has 4 N–H and O–H groups in total. The van der Waals surface area contributed by atoms with E-state index >= 15 is 0 Å². The molecule has 0 bridgehead atoms. The first-order valence-corrected chi connectivity index (χ1v) is 7.74. The Balaban J connectivity index is 2.20. The molecule has 0 unspecified atom stereocenters. The van der Waals surface area contributed by atoms with Crippen LogP contribution in [0.5, 0.6) is 0 Å². The van der Waals surface area contributed by atoms with Gasteiger partial charge >= 0.3 is 0 Å². The summed E-state index contributed by atoms with van der Waals surface area (Å²) in [5, 5.41) is 11.9. The fraction of sp³-hybridized carbons (Fsp3) is 0.417. The van der Waals surface area contributed by atoms with E-state index in [2.05, 4.69) is 5.32 Å². The van der Waals surface area contributed by atoms with Gasteiger partial charge < -0.3 is 16.2 Å².